The summed E-state index contributed by atoms with van der Waals surface area (Å²) in [4.78, 5) is 14.9. The fraction of sp³-hybridized carbons (Fsp3) is 0.130. The second-order valence-corrected chi connectivity index (χ2v) is 6.40. The molecule has 0 bridgehead atoms. The van der Waals surface area contributed by atoms with Gasteiger partial charge in [-0.3, -0.25) is 0 Å². The normalized spacial score (nSPS) is 10.8. The Morgan fingerprint density at radius 3 is 2.50 bits per heavy atom. The van der Waals surface area contributed by atoms with Gasteiger partial charge in [-0.25, -0.2) is 9.78 Å². The zero-order chi connectivity index (χ0) is 19.9. The lowest BCUT2D eigenvalue weighted by Gasteiger charge is -2.10. The zero-order valence-corrected chi connectivity index (χ0v) is 15.8. The van der Waals surface area contributed by atoms with Crippen LogP contribution < -0.4 is 9.47 Å². The Morgan fingerprint density at radius 1 is 1.07 bits per heavy atom. The van der Waals surface area contributed by atoms with E-state index in [-0.39, 0.29) is 0 Å². The van der Waals surface area contributed by atoms with Gasteiger partial charge in [-0.1, -0.05) is 35.9 Å². The lowest BCUT2D eigenvalue weighted by molar-refractivity contribution is -0.131. The van der Waals surface area contributed by atoms with Crippen molar-refractivity contribution in [3.05, 3.63) is 89.1 Å². The summed E-state index contributed by atoms with van der Waals surface area (Å²) in [6.45, 7) is 4.42. The molecule has 0 spiro atoms. The predicted molar refractivity (Wildman–Crippen MR) is 108 cm³/mol. The highest BCUT2D eigenvalue weighted by Gasteiger charge is 2.04. The van der Waals surface area contributed by atoms with Crippen molar-refractivity contribution < 1.29 is 19.4 Å². The van der Waals surface area contributed by atoms with Crippen LogP contribution in [0.25, 0.3) is 6.08 Å². The van der Waals surface area contributed by atoms with E-state index < -0.39 is 5.97 Å². The molecule has 0 unspecified atom stereocenters. The van der Waals surface area contributed by atoms with Crippen molar-refractivity contribution in [1.82, 2.24) is 4.98 Å². The van der Waals surface area contributed by atoms with Crippen molar-refractivity contribution in [3.8, 4) is 17.4 Å². The van der Waals surface area contributed by atoms with Gasteiger partial charge in [0.15, 0.2) is 0 Å². The lowest BCUT2D eigenvalue weighted by atomic mass is 10.1. The average molecular weight is 375 g/mol. The maximum absolute atomic E-state index is 10.6. The molecule has 2 aromatic carbocycles. The number of aromatic nitrogens is 1. The van der Waals surface area contributed by atoms with Crippen LogP contribution in [0.3, 0.4) is 0 Å². The number of carbonyl (C=O) groups is 1. The molecule has 5 heteroatoms. The molecule has 1 heterocycles. The number of rotatable bonds is 7. The molecule has 3 rings (SSSR count). The maximum Gasteiger partial charge on any atom is 0.328 e. The third-order valence-corrected chi connectivity index (χ3v) is 4.07. The highest BCUT2D eigenvalue weighted by Crippen LogP contribution is 2.26. The number of ether oxygens (including phenoxy) is 2. The maximum atomic E-state index is 10.6. The van der Waals surface area contributed by atoms with Crippen LogP contribution in [0, 0.1) is 13.8 Å². The Hall–Kier alpha value is -3.60. The van der Waals surface area contributed by atoms with Crippen LogP contribution in [0.5, 0.6) is 17.4 Å². The van der Waals surface area contributed by atoms with E-state index in [9.17, 15) is 4.79 Å². The molecular formula is C23H21NO4. The summed E-state index contributed by atoms with van der Waals surface area (Å²) in [7, 11) is 0. The molecule has 3 aromatic rings. The molecule has 0 aliphatic carbocycles. The predicted octanol–water partition coefficient (Wildman–Crippen LogP) is 5.17. The number of carboxylic acid groups (broad SMARTS) is 1. The van der Waals surface area contributed by atoms with Crippen molar-refractivity contribution in [2.45, 2.75) is 20.5 Å². The SMILES string of the molecule is Cc1ccc(COc2ccc(Oc3ccc(/C=C/C(=O)O)cc3C)nc2)cc1. The van der Waals surface area contributed by atoms with Crippen LogP contribution in [-0.4, -0.2) is 16.1 Å². The fourth-order valence-corrected chi connectivity index (χ4v) is 2.53. The summed E-state index contributed by atoms with van der Waals surface area (Å²) in [5.74, 6) is 0.804. The van der Waals surface area contributed by atoms with E-state index in [1.807, 2.05) is 31.2 Å². The van der Waals surface area contributed by atoms with Gasteiger partial charge in [0.1, 0.15) is 18.1 Å². The number of benzene rings is 2. The molecule has 1 aromatic heterocycles. The summed E-state index contributed by atoms with van der Waals surface area (Å²) >= 11 is 0. The molecule has 0 amide bonds. The topological polar surface area (TPSA) is 68.7 Å². The molecule has 0 radical (unpaired) electrons. The monoisotopic (exact) mass is 375 g/mol. The van der Waals surface area contributed by atoms with Gasteiger partial charge in [0.25, 0.3) is 0 Å². The van der Waals surface area contributed by atoms with Gasteiger partial charge in [0.2, 0.25) is 5.88 Å². The summed E-state index contributed by atoms with van der Waals surface area (Å²) in [5, 5.41) is 8.70. The molecule has 1 N–H and O–H groups in total. The van der Waals surface area contributed by atoms with Crippen LogP contribution in [0.4, 0.5) is 0 Å². The summed E-state index contributed by atoms with van der Waals surface area (Å²) in [5.41, 5.74) is 3.99. The summed E-state index contributed by atoms with van der Waals surface area (Å²) in [6, 6.07) is 17.2. The molecule has 0 aliphatic heterocycles. The Kier molecular flexibility index (Phi) is 6.07. The first-order chi connectivity index (χ1) is 13.5. The van der Waals surface area contributed by atoms with Gasteiger partial charge in [0.05, 0.1) is 6.20 Å². The fourth-order valence-electron chi connectivity index (χ4n) is 2.53. The number of aliphatic carboxylic acids is 1. The van der Waals surface area contributed by atoms with Crippen molar-refractivity contribution in [2.24, 2.45) is 0 Å². The minimum Gasteiger partial charge on any atom is -0.487 e. The molecule has 0 saturated carbocycles. The van der Waals surface area contributed by atoms with Crippen molar-refractivity contribution in [2.75, 3.05) is 0 Å². The van der Waals surface area contributed by atoms with Gasteiger partial charge in [0, 0.05) is 12.1 Å². The van der Waals surface area contributed by atoms with Gasteiger partial charge >= 0.3 is 5.97 Å². The minimum absolute atomic E-state index is 0.458. The first-order valence-electron chi connectivity index (χ1n) is 8.83. The van der Waals surface area contributed by atoms with Gasteiger partial charge in [-0.05, 0) is 54.8 Å². The van der Waals surface area contributed by atoms with E-state index >= 15 is 0 Å². The quantitative estimate of drug-likeness (QED) is 0.577. The highest BCUT2D eigenvalue weighted by molar-refractivity contribution is 5.85. The Bertz CT molecular complexity index is 976. The van der Waals surface area contributed by atoms with Gasteiger partial charge in [-0.2, -0.15) is 0 Å². The first kappa shape index (κ1) is 19.2. The average Bonchev–Trinajstić information content (AvgIpc) is 2.69. The zero-order valence-electron chi connectivity index (χ0n) is 15.8. The Morgan fingerprint density at radius 2 is 1.86 bits per heavy atom. The number of aryl methyl sites for hydroxylation is 2. The molecule has 5 nitrogen and oxygen atoms in total. The molecule has 0 saturated heterocycles. The third kappa shape index (κ3) is 5.45. The summed E-state index contributed by atoms with van der Waals surface area (Å²) < 4.78 is 11.6. The van der Waals surface area contributed by atoms with Crippen molar-refractivity contribution in [1.29, 1.82) is 0 Å². The second-order valence-electron chi connectivity index (χ2n) is 6.40. The molecule has 0 aliphatic rings. The molecular weight excluding hydrogens is 354 g/mol. The van der Waals surface area contributed by atoms with Crippen LogP contribution >= 0.6 is 0 Å². The van der Waals surface area contributed by atoms with Crippen LogP contribution in [-0.2, 0) is 11.4 Å². The Labute approximate surface area is 163 Å². The largest absolute Gasteiger partial charge is 0.487 e. The van der Waals surface area contributed by atoms with E-state index in [1.54, 1.807) is 24.4 Å². The summed E-state index contributed by atoms with van der Waals surface area (Å²) in [6.07, 6.45) is 4.27. The van der Waals surface area contributed by atoms with Gasteiger partial charge in [-0.15, -0.1) is 0 Å². The number of carboxylic acids is 1. The van der Waals surface area contributed by atoms with Crippen LogP contribution in [0.2, 0.25) is 0 Å². The van der Waals surface area contributed by atoms with E-state index in [4.69, 9.17) is 14.6 Å². The minimum atomic E-state index is -0.980. The number of hydrogen-bond acceptors (Lipinski definition) is 4. The van der Waals surface area contributed by atoms with E-state index in [2.05, 4.69) is 24.0 Å². The van der Waals surface area contributed by atoms with E-state index in [0.717, 1.165) is 22.8 Å². The number of hydrogen-bond donors (Lipinski definition) is 1. The van der Waals surface area contributed by atoms with Crippen LogP contribution in [0.15, 0.2) is 66.9 Å². The standard InChI is InChI=1S/C23H21NO4/c1-16-3-5-19(6-4-16)15-27-20-9-11-22(24-14-20)28-21-10-7-18(13-17(21)2)8-12-23(25)26/h3-14H,15H2,1-2H3,(H,25,26)/b12-8+. The smallest absolute Gasteiger partial charge is 0.328 e. The number of nitrogens with zero attached hydrogens (tertiary/aromatic N) is 1. The first-order valence-corrected chi connectivity index (χ1v) is 8.83. The molecule has 0 atom stereocenters. The molecule has 0 fully saturated rings. The molecule has 28 heavy (non-hydrogen) atoms. The van der Waals surface area contributed by atoms with Crippen molar-refractivity contribution >= 4 is 12.0 Å². The van der Waals surface area contributed by atoms with Gasteiger partial charge < -0.3 is 14.6 Å². The van der Waals surface area contributed by atoms with Crippen LogP contribution in [0.1, 0.15) is 22.3 Å². The van der Waals surface area contributed by atoms with E-state index in [0.29, 0.717) is 24.0 Å². The third-order valence-electron chi connectivity index (χ3n) is 4.07. The molecule has 142 valence electrons. The van der Waals surface area contributed by atoms with Crippen molar-refractivity contribution in [3.63, 3.8) is 0 Å². The Balaban J connectivity index is 1.60. The lowest BCUT2D eigenvalue weighted by Crippen LogP contribution is -1.96. The second kappa shape index (κ2) is 8.86. The van der Waals surface area contributed by atoms with E-state index in [1.165, 1.54) is 11.6 Å². The number of pyridine rings is 1. The highest BCUT2D eigenvalue weighted by atomic mass is 16.5.